The van der Waals surface area contributed by atoms with Gasteiger partial charge in [0.1, 0.15) is 5.75 Å². The van der Waals surface area contributed by atoms with Gasteiger partial charge in [-0.25, -0.2) is 0 Å². The van der Waals surface area contributed by atoms with Gasteiger partial charge in [0.15, 0.2) is 5.78 Å². The number of ketones is 1. The summed E-state index contributed by atoms with van der Waals surface area (Å²) in [5.74, 6) is 1.56. The zero-order valence-electron chi connectivity index (χ0n) is 17.6. The SMILES string of the molecule is CC(=O)/C=C(/C)O.Cc1ccc2c3c(ncc(C)c13)-c1[c-]c3cccnc3cc1O2.[Ir]. The molecule has 2 aromatic heterocycles. The van der Waals surface area contributed by atoms with Crippen molar-refractivity contribution in [3.05, 3.63) is 71.8 Å². The van der Waals surface area contributed by atoms with Crippen molar-refractivity contribution >= 4 is 27.5 Å². The van der Waals surface area contributed by atoms with Crippen molar-refractivity contribution in [2.75, 3.05) is 0 Å². The molecule has 5 nitrogen and oxygen atoms in total. The number of carbonyl (C=O) groups excluding carboxylic acids is 1. The fourth-order valence-electron chi connectivity index (χ4n) is 3.70. The van der Waals surface area contributed by atoms with Crippen LogP contribution in [-0.2, 0) is 24.9 Å². The summed E-state index contributed by atoms with van der Waals surface area (Å²) >= 11 is 0. The first kappa shape index (κ1) is 22.6. The number of hydrogen-bond acceptors (Lipinski definition) is 5. The van der Waals surface area contributed by atoms with Crippen LogP contribution in [0, 0.1) is 19.9 Å². The Bertz CT molecular complexity index is 1330. The Hall–Kier alpha value is -3.08. The van der Waals surface area contributed by atoms with Crippen molar-refractivity contribution in [3.63, 3.8) is 0 Å². The average molecular weight is 590 g/mol. The molecule has 0 unspecified atom stereocenters. The van der Waals surface area contributed by atoms with E-state index in [4.69, 9.17) is 14.8 Å². The third-order valence-electron chi connectivity index (χ3n) is 4.88. The van der Waals surface area contributed by atoms with E-state index in [-0.39, 0.29) is 31.6 Å². The largest absolute Gasteiger partial charge is 0.512 e. The van der Waals surface area contributed by atoms with E-state index in [1.807, 2.05) is 30.5 Å². The van der Waals surface area contributed by atoms with Gasteiger partial charge in [0, 0.05) is 55.2 Å². The Balaban J connectivity index is 0.000000299. The third-order valence-corrected chi connectivity index (χ3v) is 4.88. The van der Waals surface area contributed by atoms with Gasteiger partial charge in [0.25, 0.3) is 0 Å². The van der Waals surface area contributed by atoms with Crippen LogP contribution in [0.2, 0.25) is 0 Å². The molecule has 0 saturated carbocycles. The van der Waals surface area contributed by atoms with E-state index < -0.39 is 0 Å². The Kier molecular flexibility index (Phi) is 6.53. The van der Waals surface area contributed by atoms with Gasteiger partial charge in [-0.1, -0.05) is 29.1 Å². The maximum Gasteiger partial charge on any atom is 0.155 e. The number of ether oxygens (including phenoxy) is 1. The van der Waals surface area contributed by atoms with Crippen LogP contribution in [0.1, 0.15) is 25.0 Å². The first-order chi connectivity index (χ1) is 14.3. The fraction of sp³-hybridized carbons (Fsp3) is 0.160. The van der Waals surface area contributed by atoms with Crippen LogP contribution in [-0.4, -0.2) is 20.9 Å². The summed E-state index contributed by atoms with van der Waals surface area (Å²) in [6.07, 6.45) is 4.88. The van der Waals surface area contributed by atoms with E-state index in [1.54, 1.807) is 6.20 Å². The van der Waals surface area contributed by atoms with Crippen LogP contribution in [0.3, 0.4) is 0 Å². The van der Waals surface area contributed by atoms with Gasteiger partial charge < -0.3 is 9.84 Å². The second-order valence-electron chi connectivity index (χ2n) is 7.36. The van der Waals surface area contributed by atoms with Gasteiger partial charge in [-0.3, -0.25) is 14.8 Å². The number of hydrogen-bond donors (Lipinski definition) is 1. The van der Waals surface area contributed by atoms with Gasteiger partial charge in [-0.15, -0.1) is 12.1 Å². The molecule has 3 heterocycles. The number of aliphatic hydroxyl groups is 1. The van der Waals surface area contributed by atoms with Crippen molar-refractivity contribution in [3.8, 4) is 22.8 Å². The number of carbonyl (C=O) groups is 1. The van der Waals surface area contributed by atoms with Crippen LogP contribution in [0.25, 0.3) is 32.9 Å². The number of rotatable bonds is 1. The molecule has 6 heteroatoms. The van der Waals surface area contributed by atoms with Crippen LogP contribution in [0.15, 0.2) is 54.6 Å². The van der Waals surface area contributed by atoms with Crippen LogP contribution < -0.4 is 4.74 Å². The van der Waals surface area contributed by atoms with Crippen LogP contribution >= 0.6 is 0 Å². The summed E-state index contributed by atoms with van der Waals surface area (Å²) in [5.41, 5.74) is 5.13. The van der Waals surface area contributed by atoms with Gasteiger partial charge in [-0.2, -0.15) is 0 Å². The Morgan fingerprint density at radius 2 is 1.84 bits per heavy atom. The molecule has 5 rings (SSSR count). The standard InChI is InChI=1S/C20H13N2O.C5H8O2.Ir/c1-11-5-6-16-19-18(11)12(2)10-22-20(19)14-8-13-4-3-7-21-15(13)9-17(14)23-16;1-4(6)3-5(2)7;/h3-7,9-10H,1-2H3;3,6H,1-2H3;/q-1;;/b;4-3-;. The molecule has 0 amide bonds. The first-order valence-electron chi connectivity index (χ1n) is 9.61. The molecule has 0 saturated heterocycles. The molecule has 1 aliphatic heterocycles. The Morgan fingerprint density at radius 1 is 1.06 bits per heavy atom. The molecule has 2 aromatic carbocycles. The summed E-state index contributed by atoms with van der Waals surface area (Å²) in [4.78, 5) is 19.1. The van der Waals surface area contributed by atoms with Gasteiger partial charge in [-0.05, 0) is 50.3 Å². The van der Waals surface area contributed by atoms with E-state index in [2.05, 4.69) is 31.0 Å². The summed E-state index contributed by atoms with van der Waals surface area (Å²) in [6, 6.07) is 13.5. The number of nitrogens with zero attached hydrogens (tertiary/aromatic N) is 2. The van der Waals surface area contributed by atoms with Gasteiger partial charge in [0.2, 0.25) is 0 Å². The third kappa shape index (κ3) is 4.36. The topological polar surface area (TPSA) is 72.3 Å². The number of aliphatic hydroxyl groups excluding tert-OH is 1. The molecule has 4 aromatic rings. The number of fused-ring (bicyclic) bond motifs is 3. The number of aryl methyl sites for hydroxylation is 2. The molecule has 0 atom stereocenters. The van der Waals surface area contributed by atoms with E-state index in [0.717, 1.165) is 44.6 Å². The van der Waals surface area contributed by atoms with Gasteiger partial charge in [0.05, 0.1) is 11.5 Å². The summed E-state index contributed by atoms with van der Waals surface area (Å²) in [7, 11) is 0. The Morgan fingerprint density at radius 3 is 2.52 bits per heavy atom. The molecule has 31 heavy (non-hydrogen) atoms. The maximum atomic E-state index is 10.0. The molecular formula is C25H21IrN2O3-. The number of allylic oxidation sites excluding steroid dienone is 2. The molecule has 0 spiro atoms. The molecule has 159 valence electrons. The minimum atomic E-state index is -0.125. The average Bonchev–Trinajstić information content (AvgIpc) is 2.69. The molecule has 1 aliphatic rings. The first-order valence-corrected chi connectivity index (χ1v) is 9.61. The molecule has 1 N–H and O–H groups in total. The normalized spacial score (nSPS) is 11.7. The number of benzene rings is 2. The van der Waals surface area contributed by atoms with Crippen molar-refractivity contribution in [2.45, 2.75) is 27.7 Å². The molecule has 1 radical (unpaired) electrons. The van der Waals surface area contributed by atoms with Crippen molar-refractivity contribution in [1.29, 1.82) is 0 Å². The van der Waals surface area contributed by atoms with E-state index >= 15 is 0 Å². The molecular weight excluding hydrogens is 569 g/mol. The van der Waals surface area contributed by atoms with Crippen molar-refractivity contribution in [2.24, 2.45) is 0 Å². The Labute approximate surface area is 194 Å². The minimum Gasteiger partial charge on any atom is -0.512 e. The molecule has 0 aliphatic carbocycles. The van der Waals surface area contributed by atoms with Crippen LogP contribution in [0.4, 0.5) is 0 Å². The number of pyridine rings is 2. The zero-order chi connectivity index (χ0) is 21.4. The summed E-state index contributed by atoms with van der Waals surface area (Å²) in [5, 5.41) is 11.6. The van der Waals surface area contributed by atoms with Crippen LogP contribution in [0.5, 0.6) is 11.5 Å². The predicted molar refractivity (Wildman–Crippen MR) is 118 cm³/mol. The summed E-state index contributed by atoms with van der Waals surface area (Å²) in [6.45, 7) is 7.06. The van der Waals surface area contributed by atoms with E-state index in [0.29, 0.717) is 0 Å². The minimum absolute atomic E-state index is 0. The van der Waals surface area contributed by atoms with Crippen molar-refractivity contribution in [1.82, 2.24) is 9.97 Å². The van der Waals surface area contributed by atoms with Gasteiger partial charge >= 0.3 is 0 Å². The second-order valence-corrected chi connectivity index (χ2v) is 7.36. The van der Waals surface area contributed by atoms with Crippen molar-refractivity contribution < 1.29 is 34.7 Å². The zero-order valence-corrected chi connectivity index (χ0v) is 20.0. The quantitative estimate of drug-likeness (QED) is 0.147. The fourth-order valence-corrected chi connectivity index (χ4v) is 3.70. The summed E-state index contributed by atoms with van der Waals surface area (Å²) < 4.78 is 6.16. The van der Waals surface area contributed by atoms with E-state index in [1.165, 1.54) is 30.9 Å². The monoisotopic (exact) mass is 590 g/mol. The van der Waals surface area contributed by atoms with E-state index in [9.17, 15) is 4.79 Å². The smallest absolute Gasteiger partial charge is 0.155 e. The molecule has 0 fully saturated rings. The predicted octanol–water partition coefficient (Wildman–Crippen LogP) is 6.01. The molecule has 0 bridgehead atoms. The number of aromatic nitrogens is 2. The maximum absolute atomic E-state index is 10.0. The second kappa shape index (κ2) is 8.96.